The van der Waals surface area contributed by atoms with Crippen LogP contribution in [-0.4, -0.2) is 43.0 Å². The molecule has 2 aromatic rings. The number of thiazole rings is 1. The van der Waals surface area contributed by atoms with E-state index in [1.54, 1.807) is 11.3 Å². The first-order chi connectivity index (χ1) is 9.67. The summed E-state index contributed by atoms with van der Waals surface area (Å²) in [5, 5.41) is 23.0. The molecule has 0 radical (unpaired) electrons. The largest absolute Gasteiger partial charge is 0.393 e. The van der Waals surface area contributed by atoms with E-state index in [1.165, 1.54) is 4.88 Å². The Morgan fingerprint density at radius 2 is 2.30 bits per heavy atom. The molecule has 1 aliphatic heterocycles. The van der Waals surface area contributed by atoms with Gasteiger partial charge in [0.25, 0.3) is 0 Å². The molecular formula is C13H18N4O2S. The lowest BCUT2D eigenvalue weighted by Gasteiger charge is -2.26. The van der Waals surface area contributed by atoms with Crippen molar-refractivity contribution >= 4 is 11.3 Å². The molecule has 0 saturated carbocycles. The van der Waals surface area contributed by atoms with Gasteiger partial charge in [-0.2, -0.15) is 5.10 Å². The van der Waals surface area contributed by atoms with Crippen LogP contribution in [-0.2, 0) is 19.6 Å². The predicted octanol–water partition coefficient (Wildman–Crippen LogP) is 0.690. The number of hydrogen-bond donors (Lipinski definition) is 2. The maximum Gasteiger partial charge on any atom is 0.121 e. The molecule has 3 rings (SSSR count). The van der Waals surface area contributed by atoms with Crippen molar-refractivity contribution in [3.8, 4) is 0 Å². The van der Waals surface area contributed by atoms with Gasteiger partial charge in [-0.1, -0.05) is 0 Å². The van der Waals surface area contributed by atoms with Crippen LogP contribution in [0, 0.1) is 6.92 Å². The zero-order valence-electron chi connectivity index (χ0n) is 11.4. The summed E-state index contributed by atoms with van der Waals surface area (Å²) in [6.45, 7) is 5.16. The van der Waals surface area contributed by atoms with Crippen LogP contribution in [0.3, 0.4) is 0 Å². The molecule has 7 heteroatoms. The number of aliphatic hydroxyl groups is 2. The number of aryl methyl sites for hydroxylation is 1. The molecule has 0 unspecified atom stereocenters. The van der Waals surface area contributed by atoms with Crippen molar-refractivity contribution in [2.75, 3.05) is 13.2 Å². The van der Waals surface area contributed by atoms with Crippen molar-refractivity contribution in [3.63, 3.8) is 0 Å². The Kier molecular flexibility index (Phi) is 3.84. The van der Waals surface area contributed by atoms with Gasteiger partial charge in [0.05, 0.1) is 35.7 Å². The second-order valence-corrected chi connectivity index (χ2v) is 6.11. The van der Waals surface area contributed by atoms with Crippen LogP contribution in [0.1, 0.15) is 28.1 Å². The van der Waals surface area contributed by atoms with Gasteiger partial charge in [0.15, 0.2) is 0 Å². The van der Waals surface area contributed by atoms with Crippen molar-refractivity contribution in [2.45, 2.75) is 32.7 Å². The van der Waals surface area contributed by atoms with E-state index in [4.69, 9.17) is 5.11 Å². The summed E-state index contributed by atoms with van der Waals surface area (Å²) in [5.74, 6) is 0. The highest BCUT2D eigenvalue weighted by molar-refractivity contribution is 7.09. The maximum absolute atomic E-state index is 9.64. The van der Waals surface area contributed by atoms with E-state index >= 15 is 0 Å². The first-order valence-electron chi connectivity index (χ1n) is 6.64. The van der Waals surface area contributed by atoms with E-state index in [9.17, 15) is 5.11 Å². The first kappa shape index (κ1) is 13.7. The van der Waals surface area contributed by atoms with Gasteiger partial charge >= 0.3 is 0 Å². The molecule has 0 aromatic carbocycles. The van der Waals surface area contributed by atoms with Crippen molar-refractivity contribution < 1.29 is 10.2 Å². The standard InChI is InChI=1S/C13H18N4O2S/c1-9-12(14-8-20-9)6-16-2-3-17-10(5-16)4-11(15-17)13(19)7-18/h4,8,13,18-19H,2-3,5-7H2,1H3/t13-/m1/s1. The fraction of sp³-hybridized carbons (Fsp3) is 0.538. The molecule has 2 N–H and O–H groups in total. The van der Waals surface area contributed by atoms with Crippen LogP contribution in [0.5, 0.6) is 0 Å². The summed E-state index contributed by atoms with van der Waals surface area (Å²) in [7, 11) is 0. The smallest absolute Gasteiger partial charge is 0.121 e. The Morgan fingerprint density at radius 1 is 1.45 bits per heavy atom. The fourth-order valence-electron chi connectivity index (χ4n) is 2.43. The normalized spacial score (nSPS) is 17.1. The molecule has 0 amide bonds. The Bertz CT molecular complexity index is 595. The van der Waals surface area contributed by atoms with Gasteiger partial charge in [0, 0.05) is 24.5 Å². The lowest BCUT2D eigenvalue weighted by molar-refractivity contribution is 0.0915. The third-order valence-electron chi connectivity index (χ3n) is 3.63. The molecule has 0 fully saturated rings. The molecule has 0 aliphatic carbocycles. The van der Waals surface area contributed by atoms with Crippen LogP contribution in [0.2, 0.25) is 0 Å². The Balaban J connectivity index is 1.72. The molecule has 0 bridgehead atoms. The molecule has 2 aromatic heterocycles. The molecule has 1 aliphatic rings. The highest BCUT2D eigenvalue weighted by Gasteiger charge is 2.21. The van der Waals surface area contributed by atoms with E-state index in [2.05, 4.69) is 21.9 Å². The van der Waals surface area contributed by atoms with Gasteiger partial charge in [0.1, 0.15) is 6.10 Å². The van der Waals surface area contributed by atoms with Crippen LogP contribution in [0.4, 0.5) is 0 Å². The summed E-state index contributed by atoms with van der Waals surface area (Å²) in [5.41, 5.74) is 4.65. The third kappa shape index (κ3) is 2.62. The van der Waals surface area contributed by atoms with Crippen molar-refractivity contribution in [1.29, 1.82) is 0 Å². The average molecular weight is 294 g/mol. The third-order valence-corrected chi connectivity index (χ3v) is 4.43. The molecule has 0 saturated heterocycles. The second-order valence-electron chi connectivity index (χ2n) is 5.05. The molecule has 20 heavy (non-hydrogen) atoms. The molecule has 6 nitrogen and oxygen atoms in total. The van der Waals surface area contributed by atoms with Crippen LogP contribution >= 0.6 is 11.3 Å². The van der Waals surface area contributed by atoms with Crippen LogP contribution in [0.15, 0.2) is 11.6 Å². The number of aromatic nitrogens is 3. The predicted molar refractivity (Wildman–Crippen MR) is 75.2 cm³/mol. The van der Waals surface area contributed by atoms with Crippen LogP contribution < -0.4 is 0 Å². The average Bonchev–Trinajstić information content (AvgIpc) is 3.04. The minimum absolute atomic E-state index is 0.293. The van der Waals surface area contributed by atoms with E-state index in [1.807, 2.05) is 16.3 Å². The first-order valence-corrected chi connectivity index (χ1v) is 7.52. The lowest BCUT2D eigenvalue weighted by Crippen LogP contribution is -2.33. The number of rotatable bonds is 4. The van der Waals surface area contributed by atoms with Crippen molar-refractivity contribution in [1.82, 2.24) is 19.7 Å². The lowest BCUT2D eigenvalue weighted by atomic mass is 10.2. The van der Waals surface area contributed by atoms with E-state index in [0.29, 0.717) is 5.69 Å². The minimum atomic E-state index is -0.887. The van der Waals surface area contributed by atoms with Crippen molar-refractivity contribution in [3.05, 3.63) is 33.5 Å². The number of aliphatic hydroxyl groups excluding tert-OH is 2. The minimum Gasteiger partial charge on any atom is -0.393 e. The van der Waals surface area contributed by atoms with Gasteiger partial charge < -0.3 is 10.2 Å². The van der Waals surface area contributed by atoms with E-state index < -0.39 is 6.10 Å². The maximum atomic E-state index is 9.64. The zero-order valence-corrected chi connectivity index (χ0v) is 12.2. The summed E-state index contributed by atoms with van der Waals surface area (Å²) >= 11 is 1.67. The molecule has 108 valence electrons. The highest BCUT2D eigenvalue weighted by atomic mass is 32.1. The Morgan fingerprint density at radius 3 is 3.00 bits per heavy atom. The Labute approximate surface area is 121 Å². The monoisotopic (exact) mass is 294 g/mol. The molecule has 3 heterocycles. The van der Waals surface area contributed by atoms with E-state index in [0.717, 1.165) is 37.6 Å². The topological polar surface area (TPSA) is 74.4 Å². The van der Waals surface area contributed by atoms with E-state index in [-0.39, 0.29) is 6.61 Å². The zero-order chi connectivity index (χ0) is 14.1. The summed E-state index contributed by atoms with van der Waals surface area (Å²) < 4.78 is 1.92. The molecule has 1 atom stereocenters. The SMILES string of the molecule is Cc1scnc1CN1CCn2nc([C@H](O)CO)cc2C1. The quantitative estimate of drug-likeness (QED) is 0.868. The fourth-order valence-corrected chi connectivity index (χ4v) is 3.02. The highest BCUT2D eigenvalue weighted by Crippen LogP contribution is 2.20. The van der Waals surface area contributed by atoms with Gasteiger partial charge in [-0.15, -0.1) is 11.3 Å². The van der Waals surface area contributed by atoms with Crippen LogP contribution in [0.25, 0.3) is 0 Å². The Hall–Kier alpha value is -1.28. The van der Waals surface area contributed by atoms with Gasteiger partial charge in [-0.3, -0.25) is 9.58 Å². The van der Waals surface area contributed by atoms with Gasteiger partial charge in [-0.25, -0.2) is 4.98 Å². The summed E-state index contributed by atoms with van der Waals surface area (Å²) in [6, 6.07) is 1.88. The summed E-state index contributed by atoms with van der Waals surface area (Å²) in [6.07, 6.45) is -0.887. The number of fused-ring (bicyclic) bond motifs is 1. The summed E-state index contributed by atoms with van der Waals surface area (Å²) in [4.78, 5) is 7.99. The molecule has 0 spiro atoms. The van der Waals surface area contributed by atoms with Gasteiger partial charge in [0.2, 0.25) is 0 Å². The van der Waals surface area contributed by atoms with Crippen molar-refractivity contribution in [2.24, 2.45) is 0 Å². The second kappa shape index (κ2) is 5.61. The number of nitrogens with zero attached hydrogens (tertiary/aromatic N) is 4. The van der Waals surface area contributed by atoms with Gasteiger partial charge in [-0.05, 0) is 13.0 Å². The molecular weight excluding hydrogens is 276 g/mol. The number of hydrogen-bond acceptors (Lipinski definition) is 6.